The van der Waals surface area contributed by atoms with Gasteiger partial charge in [-0.25, -0.2) is 0 Å². The third kappa shape index (κ3) is 4.53. The SMILES string of the molecule is CC(C)(C)NC(N)=NCCN1CCc2ccccc2C1. The molecule has 0 amide bonds. The van der Waals surface area contributed by atoms with Crippen molar-refractivity contribution in [1.29, 1.82) is 0 Å². The van der Waals surface area contributed by atoms with Gasteiger partial charge in [-0.05, 0) is 38.3 Å². The summed E-state index contributed by atoms with van der Waals surface area (Å²) in [7, 11) is 0. The van der Waals surface area contributed by atoms with Crippen LogP contribution in [0.5, 0.6) is 0 Å². The molecule has 3 N–H and O–H groups in total. The average molecular weight is 274 g/mol. The number of nitrogens with one attached hydrogen (secondary N) is 1. The zero-order chi connectivity index (χ0) is 14.6. The van der Waals surface area contributed by atoms with Crippen LogP contribution in [0.15, 0.2) is 29.3 Å². The molecule has 4 heteroatoms. The van der Waals surface area contributed by atoms with Crippen molar-refractivity contribution < 1.29 is 0 Å². The van der Waals surface area contributed by atoms with Gasteiger partial charge >= 0.3 is 0 Å². The number of nitrogens with zero attached hydrogens (tertiary/aromatic N) is 2. The van der Waals surface area contributed by atoms with Crippen LogP contribution in [-0.4, -0.2) is 36.0 Å². The van der Waals surface area contributed by atoms with E-state index in [2.05, 4.69) is 60.2 Å². The van der Waals surface area contributed by atoms with E-state index in [1.807, 2.05) is 0 Å². The third-order valence-corrected chi connectivity index (χ3v) is 3.41. The van der Waals surface area contributed by atoms with Crippen molar-refractivity contribution in [2.75, 3.05) is 19.6 Å². The zero-order valence-electron chi connectivity index (χ0n) is 12.8. The monoisotopic (exact) mass is 274 g/mol. The van der Waals surface area contributed by atoms with Gasteiger partial charge in [-0.3, -0.25) is 9.89 Å². The molecule has 1 aliphatic heterocycles. The molecule has 4 nitrogen and oxygen atoms in total. The van der Waals surface area contributed by atoms with Gasteiger partial charge in [0.05, 0.1) is 6.54 Å². The Kier molecular flexibility index (Phi) is 4.65. The fourth-order valence-electron chi connectivity index (χ4n) is 2.48. The molecule has 0 spiro atoms. The first-order chi connectivity index (χ1) is 9.44. The molecule has 1 aliphatic rings. The molecule has 0 saturated heterocycles. The molecule has 0 aromatic heterocycles. The molecule has 0 radical (unpaired) electrons. The fourth-order valence-corrected chi connectivity index (χ4v) is 2.48. The summed E-state index contributed by atoms with van der Waals surface area (Å²) in [6.07, 6.45) is 1.13. The standard InChI is InChI=1S/C16H26N4/c1-16(2,3)19-15(17)18-9-11-20-10-8-13-6-4-5-7-14(13)12-20/h4-7H,8-12H2,1-3H3,(H3,17,18,19). The van der Waals surface area contributed by atoms with Crippen LogP contribution in [-0.2, 0) is 13.0 Å². The topological polar surface area (TPSA) is 53.6 Å². The van der Waals surface area contributed by atoms with Crippen molar-refractivity contribution in [3.8, 4) is 0 Å². The van der Waals surface area contributed by atoms with Crippen LogP contribution in [0.4, 0.5) is 0 Å². The molecule has 1 aromatic rings. The normalized spacial score (nSPS) is 16.9. The van der Waals surface area contributed by atoms with Gasteiger partial charge in [0.15, 0.2) is 5.96 Å². The van der Waals surface area contributed by atoms with Crippen molar-refractivity contribution in [2.24, 2.45) is 10.7 Å². The smallest absolute Gasteiger partial charge is 0.189 e. The zero-order valence-corrected chi connectivity index (χ0v) is 12.8. The van der Waals surface area contributed by atoms with E-state index in [-0.39, 0.29) is 5.54 Å². The summed E-state index contributed by atoms with van der Waals surface area (Å²) in [6.45, 7) is 10.1. The molecule has 0 saturated carbocycles. The maximum atomic E-state index is 5.87. The minimum Gasteiger partial charge on any atom is -0.370 e. The number of hydrogen-bond acceptors (Lipinski definition) is 2. The molecular formula is C16H26N4. The molecule has 0 bridgehead atoms. The lowest BCUT2D eigenvalue weighted by molar-refractivity contribution is 0.261. The highest BCUT2D eigenvalue weighted by molar-refractivity contribution is 5.78. The van der Waals surface area contributed by atoms with Gasteiger partial charge in [-0.2, -0.15) is 0 Å². The van der Waals surface area contributed by atoms with Gasteiger partial charge in [0, 0.05) is 25.2 Å². The third-order valence-electron chi connectivity index (χ3n) is 3.41. The Hall–Kier alpha value is -1.55. The van der Waals surface area contributed by atoms with E-state index in [4.69, 9.17) is 5.73 Å². The molecule has 0 aliphatic carbocycles. The van der Waals surface area contributed by atoms with Crippen molar-refractivity contribution in [2.45, 2.75) is 39.3 Å². The Balaban J connectivity index is 1.80. The maximum Gasteiger partial charge on any atom is 0.189 e. The van der Waals surface area contributed by atoms with Crippen LogP contribution in [0.3, 0.4) is 0 Å². The predicted molar refractivity (Wildman–Crippen MR) is 84.8 cm³/mol. The van der Waals surface area contributed by atoms with Crippen LogP contribution in [0, 0.1) is 0 Å². The van der Waals surface area contributed by atoms with Gasteiger partial charge in [0.2, 0.25) is 0 Å². The lowest BCUT2D eigenvalue weighted by Gasteiger charge is -2.28. The van der Waals surface area contributed by atoms with E-state index in [1.165, 1.54) is 11.1 Å². The highest BCUT2D eigenvalue weighted by Gasteiger charge is 2.15. The van der Waals surface area contributed by atoms with Crippen LogP contribution in [0.25, 0.3) is 0 Å². The van der Waals surface area contributed by atoms with E-state index >= 15 is 0 Å². The van der Waals surface area contributed by atoms with Crippen molar-refractivity contribution in [3.05, 3.63) is 35.4 Å². The number of rotatable bonds is 3. The van der Waals surface area contributed by atoms with Crippen LogP contribution < -0.4 is 11.1 Å². The van der Waals surface area contributed by atoms with E-state index < -0.39 is 0 Å². The minimum atomic E-state index is -0.0301. The first kappa shape index (κ1) is 14.9. The molecule has 2 rings (SSSR count). The molecule has 1 aromatic carbocycles. The van der Waals surface area contributed by atoms with Crippen LogP contribution in [0.1, 0.15) is 31.9 Å². The highest BCUT2D eigenvalue weighted by Crippen LogP contribution is 2.17. The highest BCUT2D eigenvalue weighted by atomic mass is 15.2. The van der Waals surface area contributed by atoms with E-state index in [0.29, 0.717) is 5.96 Å². The van der Waals surface area contributed by atoms with Crippen molar-refractivity contribution in [1.82, 2.24) is 10.2 Å². The van der Waals surface area contributed by atoms with Gasteiger partial charge in [0.25, 0.3) is 0 Å². The van der Waals surface area contributed by atoms with Gasteiger partial charge in [0.1, 0.15) is 0 Å². The Morgan fingerprint density at radius 1 is 1.30 bits per heavy atom. The van der Waals surface area contributed by atoms with E-state index in [0.717, 1.165) is 32.6 Å². The first-order valence-electron chi connectivity index (χ1n) is 7.31. The summed E-state index contributed by atoms with van der Waals surface area (Å²) in [5.41, 5.74) is 8.78. The largest absolute Gasteiger partial charge is 0.370 e. The summed E-state index contributed by atoms with van der Waals surface area (Å²) < 4.78 is 0. The van der Waals surface area contributed by atoms with Gasteiger partial charge in [-0.1, -0.05) is 24.3 Å². The molecule has 20 heavy (non-hydrogen) atoms. The number of nitrogens with two attached hydrogens (primary N) is 1. The number of aliphatic imine (C=N–C) groups is 1. The average Bonchev–Trinajstić information content (AvgIpc) is 2.36. The Bertz CT molecular complexity index is 474. The molecule has 110 valence electrons. The maximum absolute atomic E-state index is 5.87. The molecule has 1 heterocycles. The molecule has 0 fully saturated rings. The lowest BCUT2D eigenvalue weighted by Crippen LogP contribution is -2.45. The van der Waals surface area contributed by atoms with Gasteiger partial charge in [-0.15, -0.1) is 0 Å². The summed E-state index contributed by atoms with van der Waals surface area (Å²) in [6, 6.07) is 8.69. The van der Waals surface area contributed by atoms with E-state index in [9.17, 15) is 0 Å². The second kappa shape index (κ2) is 6.27. The second-order valence-electron chi connectivity index (χ2n) is 6.44. The summed E-state index contributed by atoms with van der Waals surface area (Å²) in [5, 5.41) is 3.18. The molecular weight excluding hydrogens is 248 g/mol. The quantitative estimate of drug-likeness (QED) is 0.652. The number of hydrogen-bond donors (Lipinski definition) is 2. The summed E-state index contributed by atoms with van der Waals surface area (Å²) in [4.78, 5) is 6.84. The van der Waals surface area contributed by atoms with Crippen molar-refractivity contribution in [3.63, 3.8) is 0 Å². The Morgan fingerprint density at radius 2 is 2.00 bits per heavy atom. The molecule has 0 unspecified atom stereocenters. The fraction of sp³-hybridized carbons (Fsp3) is 0.562. The van der Waals surface area contributed by atoms with Crippen LogP contribution in [0.2, 0.25) is 0 Å². The predicted octanol–water partition coefficient (Wildman–Crippen LogP) is 1.75. The second-order valence-corrected chi connectivity index (χ2v) is 6.44. The number of fused-ring (bicyclic) bond motifs is 1. The first-order valence-corrected chi connectivity index (χ1v) is 7.31. The van der Waals surface area contributed by atoms with Crippen LogP contribution >= 0.6 is 0 Å². The number of benzene rings is 1. The molecule has 0 atom stereocenters. The van der Waals surface area contributed by atoms with Crippen molar-refractivity contribution >= 4 is 5.96 Å². The van der Waals surface area contributed by atoms with Gasteiger partial charge < -0.3 is 11.1 Å². The summed E-state index contributed by atoms with van der Waals surface area (Å²) in [5.74, 6) is 0.537. The van der Waals surface area contributed by atoms with E-state index in [1.54, 1.807) is 0 Å². The lowest BCUT2D eigenvalue weighted by atomic mass is 10.00. The number of guanidine groups is 1. The Labute approximate surface area is 122 Å². The Morgan fingerprint density at radius 3 is 2.70 bits per heavy atom. The minimum absolute atomic E-state index is 0.0301. The summed E-state index contributed by atoms with van der Waals surface area (Å²) >= 11 is 0.